The van der Waals surface area contributed by atoms with Gasteiger partial charge in [-0.15, -0.1) is 0 Å². The van der Waals surface area contributed by atoms with Crippen LogP contribution in [0.4, 0.5) is 0 Å². The molecule has 1 aliphatic rings. The molecule has 0 bridgehead atoms. The highest BCUT2D eigenvalue weighted by Crippen LogP contribution is 2.16. The first-order chi connectivity index (χ1) is 8.10. The van der Waals surface area contributed by atoms with Crippen LogP contribution >= 0.6 is 0 Å². The van der Waals surface area contributed by atoms with Gasteiger partial charge in [-0.3, -0.25) is 4.79 Å². The number of amides is 1. The number of rotatable bonds is 6. The molecule has 6 nitrogen and oxygen atoms in total. The first-order valence-electron chi connectivity index (χ1n) is 6.09. The Morgan fingerprint density at radius 2 is 1.94 bits per heavy atom. The van der Waals surface area contributed by atoms with Gasteiger partial charge in [0.15, 0.2) is 0 Å². The number of aliphatic hydroxyl groups is 3. The molecule has 0 aromatic heterocycles. The number of carbonyl (C=O) groups excluding carboxylic acids is 1. The minimum absolute atomic E-state index is 0.110. The maximum Gasteiger partial charge on any atom is 0.221 e. The standard InChI is InChI=1S/C11H22N2O4/c1-2-3-4-12-9(15)5-7-10(16)11(17)8(6-14)13-7/h7-8,10-11,13-14,16-17H,2-6H2,1H3,(H,12,15)/t7-,8-,10+,11-/m1/s1. The van der Waals surface area contributed by atoms with Crippen molar-refractivity contribution < 1.29 is 20.1 Å². The van der Waals surface area contributed by atoms with Gasteiger partial charge in [0.05, 0.1) is 24.9 Å². The van der Waals surface area contributed by atoms with E-state index in [1.807, 2.05) is 6.92 Å². The van der Waals surface area contributed by atoms with Crippen LogP contribution in [0.5, 0.6) is 0 Å². The minimum atomic E-state index is -1.02. The van der Waals surface area contributed by atoms with E-state index in [0.717, 1.165) is 12.8 Å². The lowest BCUT2D eigenvalue weighted by Gasteiger charge is -2.15. The summed E-state index contributed by atoms with van der Waals surface area (Å²) in [6.45, 7) is 2.41. The van der Waals surface area contributed by atoms with Crippen molar-refractivity contribution in [3.63, 3.8) is 0 Å². The average molecular weight is 246 g/mol. The van der Waals surface area contributed by atoms with Crippen molar-refractivity contribution in [3.8, 4) is 0 Å². The van der Waals surface area contributed by atoms with Crippen LogP contribution in [0.2, 0.25) is 0 Å². The summed E-state index contributed by atoms with van der Waals surface area (Å²) in [7, 11) is 0. The van der Waals surface area contributed by atoms with E-state index in [9.17, 15) is 15.0 Å². The summed E-state index contributed by atoms with van der Waals surface area (Å²) in [5, 5.41) is 33.8. The summed E-state index contributed by atoms with van der Waals surface area (Å²) < 4.78 is 0. The van der Waals surface area contributed by atoms with E-state index in [4.69, 9.17) is 5.11 Å². The highest BCUT2D eigenvalue weighted by molar-refractivity contribution is 5.76. The summed E-state index contributed by atoms with van der Waals surface area (Å²) in [4.78, 5) is 11.5. The van der Waals surface area contributed by atoms with Crippen LogP contribution in [0.25, 0.3) is 0 Å². The van der Waals surface area contributed by atoms with Crippen molar-refractivity contribution in [1.82, 2.24) is 10.6 Å². The first kappa shape index (κ1) is 14.4. The fourth-order valence-electron chi connectivity index (χ4n) is 1.97. The minimum Gasteiger partial charge on any atom is -0.395 e. The smallest absolute Gasteiger partial charge is 0.221 e. The SMILES string of the molecule is CCCCNC(=O)C[C@H]1N[C@H](CO)[C@@H](O)[C@H]1O. The van der Waals surface area contributed by atoms with Gasteiger partial charge in [-0.05, 0) is 6.42 Å². The highest BCUT2D eigenvalue weighted by atomic mass is 16.3. The molecule has 6 heteroatoms. The van der Waals surface area contributed by atoms with Crippen molar-refractivity contribution in [2.75, 3.05) is 13.2 Å². The van der Waals surface area contributed by atoms with Crippen LogP contribution in [0.1, 0.15) is 26.2 Å². The Morgan fingerprint density at radius 3 is 2.47 bits per heavy atom. The van der Waals surface area contributed by atoms with Crippen LogP contribution in [-0.4, -0.2) is 58.7 Å². The molecule has 1 rings (SSSR count). The molecular formula is C11H22N2O4. The second kappa shape index (κ2) is 6.90. The number of hydrogen-bond donors (Lipinski definition) is 5. The van der Waals surface area contributed by atoms with Gasteiger partial charge >= 0.3 is 0 Å². The lowest BCUT2D eigenvalue weighted by atomic mass is 10.1. The summed E-state index contributed by atoms with van der Waals surface area (Å²) in [5.41, 5.74) is 0. The van der Waals surface area contributed by atoms with Gasteiger partial charge in [-0.1, -0.05) is 13.3 Å². The lowest BCUT2D eigenvalue weighted by molar-refractivity contribution is -0.122. The number of hydrogen-bond acceptors (Lipinski definition) is 5. The van der Waals surface area contributed by atoms with Gasteiger partial charge in [0.2, 0.25) is 5.91 Å². The van der Waals surface area contributed by atoms with E-state index >= 15 is 0 Å². The molecule has 0 spiro atoms. The van der Waals surface area contributed by atoms with Crippen LogP contribution in [0.15, 0.2) is 0 Å². The molecule has 0 unspecified atom stereocenters. The number of aliphatic hydroxyl groups excluding tert-OH is 3. The van der Waals surface area contributed by atoms with Gasteiger partial charge in [0.25, 0.3) is 0 Å². The Labute approximate surface area is 101 Å². The van der Waals surface area contributed by atoms with Gasteiger partial charge < -0.3 is 26.0 Å². The summed E-state index contributed by atoms with van der Waals surface area (Å²) >= 11 is 0. The van der Waals surface area contributed by atoms with Crippen molar-refractivity contribution in [2.45, 2.75) is 50.5 Å². The molecule has 100 valence electrons. The van der Waals surface area contributed by atoms with Gasteiger partial charge in [0, 0.05) is 19.0 Å². The maximum atomic E-state index is 11.5. The van der Waals surface area contributed by atoms with E-state index in [-0.39, 0.29) is 18.9 Å². The van der Waals surface area contributed by atoms with E-state index in [1.54, 1.807) is 0 Å². The molecule has 0 aromatic carbocycles. The molecule has 1 saturated heterocycles. The number of unbranched alkanes of at least 4 members (excludes halogenated alkanes) is 1. The zero-order valence-electron chi connectivity index (χ0n) is 10.1. The van der Waals surface area contributed by atoms with Crippen molar-refractivity contribution in [3.05, 3.63) is 0 Å². The third-order valence-electron chi connectivity index (χ3n) is 3.06. The Hall–Kier alpha value is -0.690. The normalized spacial score (nSPS) is 32.7. The van der Waals surface area contributed by atoms with Gasteiger partial charge in [0.1, 0.15) is 0 Å². The zero-order valence-corrected chi connectivity index (χ0v) is 10.1. The van der Waals surface area contributed by atoms with Crippen LogP contribution in [0.3, 0.4) is 0 Å². The maximum absolute atomic E-state index is 11.5. The molecule has 0 aromatic rings. The van der Waals surface area contributed by atoms with Crippen molar-refractivity contribution in [2.24, 2.45) is 0 Å². The monoisotopic (exact) mass is 246 g/mol. The molecule has 1 amide bonds. The Balaban J connectivity index is 2.34. The van der Waals surface area contributed by atoms with Gasteiger partial charge in [-0.2, -0.15) is 0 Å². The van der Waals surface area contributed by atoms with Crippen molar-refractivity contribution in [1.29, 1.82) is 0 Å². The number of carbonyl (C=O) groups is 1. The van der Waals surface area contributed by atoms with Crippen molar-refractivity contribution >= 4 is 5.91 Å². The predicted octanol–water partition coefficient (Wildman–Crippen LogP) is -1.65. The topological polar surface area (TPSA) is 102 Å². The van der Waals surface area contributed by atoms with E-state index in [2.05, 4.69) is 10.6 Å². The second-order valence-corrected chi connectivity index (χ2v) is 4.45. The summed E-state index contributed by atoms with van der Waals surface area (Å²) in [6.07, 6.45) is 0.0142. The summed E-state index contributed by atoms with van der Waals surface area (Å²) in [6, 6.07) is -1.05. The quantitative estimate of drug-likeness (QED) is 0.361. The molecule has 17 heavy (non-hydrogen) atoms. The third-order valence-corrected chi connectivity index (χ3v) is 3.06. The molecule has 1 fully saturated rings. The van der Waals surface area contributed by atoms with E-state index in [0.29, 0.717) is 6.54 Å². The molecule has 0 radical (unpaired) electrons. The molecule has 0 saturated carbocycles. The number of nitrogens with one attached hydrogen (secondary N) is 2. The van der Waals surface area contributed by atoms with Crippen LogP contribution < -0.4 is 10.6 Å². The molecule has 1 heterocycles. The largest absolute Gasteiger partial charge is 0.395 e. The lowest BCUT2D eigenvalue weighted by Crippen LogP contribution is -2.39. The average Bonchev–Trinajstić information content (AvgIpc) is 2.57. The Morgan fingerprint density at radius 1 is 1.29 bits per heavy atom. The van der Waals surface area contributed by atoms with E-state index in [1.165, 1.54) is 0 Å². The zero-order chi connectivity index (χ0) is 12.8. The second-order valence-electron chi connectivity index (χ2n) is 4.45. The molecule has 0 aliphatic carbocycles. The Bertz CT molecular complexity index is 250. The van der Waals surface area contributed by atoms with Crippen LogP contribution in [-0.2, 0) is 4.79 Å². The summed E-state index contributed by atoms with van der Waals surface area (Å²) in [5.74, 6) is -0.152. The highest BCUT2D eigenvalue weighted by Gasteiger charge is 2.41. The van der Waals surface area contributed by atoms with E-state index < -0.39 is 24.3 Å². The molecule has 5 N–H and O–H groups in total. The molecule has 4 atom stereocenters. The molecule has 1 aliphatic heterocycles. The molecular weight excluding hydrogens is 224 g/mol. The van der Waals surface area contributed by atoms with Gasteiger partial charge in [-0.25, -0.2) is 0 Å². The first-order valence-corrected chi connectivity index (χ1v) is 6.09. The van der Waals surface area contributed by atoms with Crippen LogP contribution in [0, 0.1) is 0 Å². The Kier molecular flexibility index (Phi) is 5.84. The predicted molar refractivity (Wildman–Crippen MR) is 62.3 cm³/mol. The fraction of sp³-hybridized carbons (Fsp3) is 0.909. The third kappa shape index (κ3) is 3.92. The fourth-order valence-corrected chi connectivity index (χ4v) is 1.97.